The summed E-state index contributed by atoms with van der Waals surface area (Å²) < 4.78 is 6.49. The minimum absolute atomic E-state index is 0.0364. The summed E-state index contributed by atoms with van der Waals surface area (Å²) in [5.41, 5.74) is 0.833. The number of benzene rings is 1. The fraction of sp³-hybridized carbons (Fsp3) is 0.111. The van der Waals surface area contributed by atoms with Gasteiger partial charge in [0.1, 0.15) is 18.0 Å². The quantitative estimate of drug-likeness (QED) is 0.811. The van der Waals surface area contributed by atoms with Crippen LogP contribution >= 0.6 is 22.6 Å². The predicted octanol–water partition coefficient (Wildman–Crippen LogP) is 2.53. The Morgan fingerprint density at radius 2 is 2.17 bits per heavy atom. The Morgan fingerprint density at radius 1 is 1.33 bits per heavy atom. The molecule has 0 aliphatic rings. The molecular formula is C9H7IO2. The molecule has 0 fully saturated rings. The van der Waals surface area contributed by atoms with Crippen molar-refractivity contribution in [3.8, 4) is 0 Å². The van der Waals surface area contributed by atoms with Gasteiger partial charge in [-0.1, -0.05) is 0 Å². The molecule has 0 radical (unpaired) electrons. The maximum absolute atomic E-state index is 8.81. The Bertz CT molecular complexity index is 406. The number of hydrogen-bond acceptors (Lipinski definition) is 2. The molecule has 0 saturated heterocycles. The minimum atomic E-state index is -0.0364. The second-order valence-corrected chi connectivity index (χ2v) is 3.80. The van der Waals surface area contributed by atoms with E-state index in [0.717, 1.165) is 11.0 Å². The van der Waals surface area contributed by atoms with E-state index < -0.39 is 0 Å². The van der Waals surface area contributed by atoms with Crippen LogP contribution in [0.5, 0.6) is 0 Å². The van der Waals surface area contributed by atoms with Gasteiger partial charge in [-0.15, -0.1) is 0 Å². The molecule has 2 aromatic rings. The molecule has 0 saturated carbocycles. The first-order valence-corrected chi connectivity index (χ1v) is 4.66. The Labute approximate surface area is 83.3 Å². The molecule has 12 heavy (non-hydrogen) atoms. The summed E-state index contributed by atoms with van der Waals surface area (Å²) in [7, 11) is 0. The number of aliphatic hydroxyl groups is 1. The van der Waals surface area contributed by atoms with Crippen LogP contribution < -0.4 is 0 Å². The van der Waals surface area contributed by atoms with E-state index in [2.05, 4.69) is 22.6 Å². The molecule has 1 aromatic heterocycles. The van der Waals surface area contributed by atoms with E-state index in [1.165, 1.54) is 3.57 Å². The van der Waals surface area contributed by atoms with Crippen molar-refractivity contribution < 1.29 is 9.52 Å². The third kappa shape index (κ3) is 1.34. The van der Waals surface area contributed by atoms with Gasteiger partial charge < -0.3 is 9.52 Å². The maximum atomic E-state index is 8.81. The largest absolute Gasteiger partial charge is 0.459 e. The summed E-state index contributed by atoms with van der Waals surface area (Å²) in [5, 5.41) is 9.86. The van der Waals surface area contributed by atoms with E-state index in [4.69, 9.17) is 9.52 Å². The van der Waals surface area contributed by atoms with Gasteiger partial charge in [-0.25, -0.2) is 0 Å². The minimum Gasteiger partial charge on any atom is -0.459 e. The Hall–Kier alpha value is -0.550. The molecule has 0 bridgehead atoms. The average Bonchev–Trinajstić information content (AvgIpc) is 2.46. The summed E-state index contributed by atoms with van der Waals surface area (Å²) in [6.45, 7) is -0.0364. The molecule has 0 aliphatic carbocycles. The van der Waals surface area contributed by atoms with Crippen LogP contribution in [-0.2, 0) is 6.61 Å². The van der Waals surface area contributed by atoms with Crippen LogP contribution in [0.3, 0.4) is 0 Å². The lowest BCUT2D eigenvalue weighted by atomic mass is 10.2. The van der Waals surface area contributed by atoms with E-state index >= 15 is 0 Å². The van der Waals surface area contributed by atoms with Crippen LogP contribution in [-0.4, -0.2) is 5.11 Å². The molecule has 0 atom stereocenters. The van der Waals surface area contributed by atoms with E-state index in [1.54, 1.807) is 0 Å². The Balaban J connectivity index is 2.67. The first kappa shape index (κ1) is 8.07. The lowest BCUT2D eigenvalue weighted by Crippen LogP contribution is -1.72. The lowest BCUT2D eigenvalue weighted by molar-refractivity contribution is 0.251. The zero-order chi connectivity index (χ0) is 8.55. The van der Waals surface area contributed by atoms with Crippen molar-refractivity contribution in [2.45, 2.75) is 6.61 Å². The number of halogens is 1. The van der Waals surface area contributed by atoms with E-state index in [-0.39, 0.29) is 6.61 Å². The summed E-state index contributed by atoms with van der Waals surface area (Å²) in [5.74, 6) is 0.618. The van der Waals surface area contributed by atoms with Gasteiger partial charge in [0.2, 0.25) is 0 Å². The van der Waals surface area contributed by atoms with Crippen LogP contribution in [0.25, 0.3) is 11.0 Å². The standard InChI is InChI=1S/C9H7IO2/c10-7-1-2-9-6(3-7)4-8(5-11)12-9/h1-4,11H,5H2. The number of fused-ring (bicyclic) bond motifs is 1. The second kappa shape index (κ2) is 3.06. The number of hydrogen-bond donors (Lipinski definition) is 1. The van der Waals surface area contributed by atoms with Gasteiger partial charge in [-0.3, -0.25) is 0 Å². The molecular weight excluding hydrogens is 267 g/mol. The molecule has 1 heterocycles. The van der Waals surface area contributed by atoms with E-state index in [0.29, 0.717) is 5.76 Å². The fourth-order valence-electron chi connectivity index (χ4n) is 1.15. The normalized spacial score (nSPS) is 10.8. The van der Waals surface area contributed by atoms with E-state index in [1.807, 2.05) is 24.3 Å². The van der Waals surface area contributed by atoms with Crippen molar-refractivity contribution in [2.75, 3.05) is 0 Å². The van der Waals surface area contributed by atoms with Crippen LogP contribution in [0.2, 0.25) is 0 Å². The summed E-state index contributed by atoms with van der Waals surface area (Å²) in [4.78, 5) is 0. The summed E-state index contributed by atoms with van der Waals surface area (Å²) >= 11 is 2.25. The van der Waals surface area contributed by atoms with Gasteiger partial charge in [0.25, 0.3) is 0 Å². The molecule has 2 rings (SSSR count). The van der Waals surface area contributed by atoms with Crippen molar-refractivity contribution in [3.63, 3.8) is 0 Å². The Morgan fingerprint density at radius 3 is 2.92 bits per heavy atom. The van der Waals surface area contributed by atoms with Crippen molar-refractivity contribution in [2.24, 2.45) is 0 Å². The van der Waals surface area contributed by atoms with Crippen LogP contribution in [0, 0.1) is 3.57 Å². The first-order valence-electron chi connectivity index (χ1n) is 3.58. The third-order valence-electron chi connectivity index (χ3n) is 1.69. The molecule has 0 aliphatic heterocycles. The van der Waals surface area contributed by atoms with Crippen molar-refractivity contribution in [3.05, 3.63) is 33.6 Å². The van der Waals surface area contributed by atoms with Crippen molar-refractivity contribution >= 4 is 33.6 Å². The zero-order valence-corrected chi connectivity index (χ0v) is 8.41. The first-order chi connectivity index (χ1) is 5.79. The smallest absolute Gasteiger partial charge is 0.134 e. The average molecular weight is 274 g/mol. The molecule has 0 spiro atoms. The van der Waals surface area contributed by atoms with Crippen LogP contribution in [0.4, 0.5) is 0 Å². The molecule has 2 nitrogen and oxygen atoms in total. The molecule has 0 amide bonds. The monoisotopic (exact) mass is 274 g/mol. The van der Waals surface area contributed by atoms with Gasteiger partial charge in [-0.2, -0.15) is 0 Å². The van der Waals surface area contributed by atoms with Gasteiger partial charge in [0, 0.05) is 8.96 Å². The zero-order valence-electron chi connectivity index (χ0n) is 6.25. The SMILES string of the molecule is OCc1cc2cc(I)ccc2o1. The number of rotatable bonds is 1. The number of furan rings is 1. The van der Waals surface area contributed by atoms with Crippen LogP contribution in [0.1, 0.15) is 5.76 Å². The molecule has 3 heteroatoms. The highest BCUT2D eigenvalue weighted by molar-refractivity contribution is 14.1. The molecule has 0 unspecified atom stereocenters. The third-order valence-corrected chi connectivity index (χ3v) is 2.36. The predicted molar refractivity (Wildman–Crippen MR) is 54.9 cm³/mol. The van der Waals surface area contributed by atoms with E-state index in [9.17, 15) is 0 Å². The fourth-order valence-corrected chi connectivity index (χ4v) is 1.66. The molecule has 62 valence electrons. The molecule has 1 aromatic carbocycles. The summed E-state index contributed by atoms with van der Waals surface area (Å²) in [6.07, 6.45) is 0. The van der Waals surface area contributed by atoms with Crippen LogP contribution in [0.15, 0.2) is 28.7 Å². The number of aliphatic hydroxyl groups excluding tert-OH is 1. The highest BCUT2D eigenvalue weighted by atomic mass is 127. The van der Waals surface area contributed by atoms with Gasteiger partial charge in [0.05, 0.1) is 0 Å². The highest BCUT2D eigenvalue weighted by Crippen LogP contribution is 2.21. The van der Waals surface area contributed by atoms with Crippen molar-refractivity contribution in [1.82, 2.24) is 0 Å². The van der Waals surface area contributed by atoms with Gasteiger partial charge in [-0.05, 0) is 46.9 Å². The second-order valence-electron chi connectivity index (χ2n) is 2.55. The Kier molecular flexibility index (Phi) is 2.06. The van der Waals surface area contributed by atoms with Gasteiger partial charge >= 0.3 is 0 Å². The van der Waals surface area contributed by atoms with Gasteiger partial charge in [0.15, 0.2) is 0 Å². The molecule has 1 N–H and O–H groups in total. The topological polar surface area (TPSA) is 33.4 Å². The maximum Gasteiger partial charge on any atom is 0.134 e. The highest BCUT2D eigenvalue weighted by Gasteiger charge is 2.01. The summed E-state index contributed by atoms with van der Waals surface area (Å²) in [6, 6.07) is 7.78. The lowest BCUT2D eigenvalue weighted by Gasteiger charge is -1.87. The van der Waals surface area contributed by atoms with Crippen molar-refractivity contribution in [1.29, 1.82) is 0 Å².